The molecule has 1 atom stereocenters. The highest BCUT2D eigenvalue weighted by atomic mass is 35.5. The third-order valence-electron chi connectivity index (χ3n) is 4.45. The number of aliphatic carboxylic acids is 1. The van der Waals surface area contributed by atoms with Crippen LogP contribution in [0.15, 0.2) is 29.2 Å². The van der Waals surface area contributed by atoms with Crippen molar-refractivity contribution in [1.82, 2.24) is 15.1 Å². The van der Waals surface area contributed by atoms with Gasteiger partial charge in [-0.25, -0.2) is 4.79 Å². The number of thioether (sulfide) groups is 1. The first-order valence-corrected chi connectivity index (χ1v) is 10.1. The van der Waals surface area contributed by atoms with Gasteiger partial charge >= 0.3 is 12.0 Å². The Morgan fingerprint density at radius 3 is 2.73 bits per heavy atom. The average Bonchev–Trinajstić information content (AvgIpc) is 2.86. The summed E-state index contributed by atoms with van der Waals surface area (Å²) in [5, 5.41) is 12.6. The van der Waals surface area contributed by atoms with Crippen LogP contribution < -0.4 is 5.32 Å². The largest absolute Gasteiger partial charge is 0.480 e. The van der Waals surface area contributed by atoms with Crippen molar-refractivity contribution in [3.8, 4) is 0 Å². The van der Waals surface area contributed by atoms with E-state index in [2.05, 4.69) is 5.32 Å². The Balaban J connectivity index is 1.69. The Morgan fingerprint density at radius 1 is 1.31 bits per heavy atom. The maximum atomic E-state index is 12.3. The van der Waals surface area contributed by atoms with Crippen molar-refractivity contribution in [1.29, 1.82) is 0 Å². The van der Waals surface area contributed by atoms with Crippen LogP contribution >= 0.6 is 23.4 Å². The lowest BCUT2D eigenvalue weighted by Crippen LogP contribution is -2.42. The van der Waals surface area contributed by atoms with Crippen LogP contribution in [0.3, 0.4) is 0 Å². The Hall–Kier alpha value is -1.44. The van der Waals surface area contributed by atoms with Crippen LogP contribution in [0.1, 0.15) is 19.3 Å². The van der Waals surface area contributed by atoms with Crippen LogP contribution in [0.4, 0.5) is 4.79 Å². The molecule has 0 radical (unpaired) electrons. The number of carbonyl (C=O) groups excluding carboxylic acids is 1. The zero-order valence-corrected chi connectivity index (χ0v) is 16.6. The summed E-state index contributed by atoms with van der Waals surface area (Å²) in [4.78, 5) is 28.0. The molecule has 2 N–H and O–H groups in total. The van der Waals surface area contributed by atoms with Crippen LogP contribution in [-0.4, -0.2) is 71.9 Å². The molecule has 1 aliphatic heterocycles. The molecule has 1 unspecified atom stereocenters. The zero-order valence-electron chi connectivity index (χ0n) is 15.0. The molecule has 1 aromatic carbocycles. The molecule has 1 heterocycles. The molecule has 1 saturated heterocycles. The maximum absolute atomic E-state index is 12.3. The van der Waals surface area contributed by atoms with Gasteiger partial charge in [-0.15, -0.1) is 11.8 Å². The quantitative estimate of drug-likeness (QED) is 0.544. The predicted molar refractivity (Wildman–Crippen MR) is 105 cm³/mol. The third kappa shape index (κ3) is 7.05. The smallest absolute Gasteiger partial charge is 0.317 e. The number of benzene rings is 1. The second-order valence-corrected chi connectivity index (χ2v) is 8.02. The van der Waals surface area contributed by atoms with Crippen molar-refractivity contribution in [3.63, 3.8) is 0 Å². The fraction of sp³-hybridized carbons (Fsp3) is 0.556. The van der Waals surface area contributed by atoms with E-state index in [1.54, 1.807) is 11.8 Å². The first kappa shape index (κ1) is 20.9. The number of hydrogen-bond donors (Lipinski definition) is 2. The molecule has 6 nitrogen and oxygen atoms in total. The number of nitrogens with zero attached hydrogens (tertiary/aromatic N) is 2. The number of hydrogen-bond acceptors (Lipinski definition) is 4. The van der Waals surface area contributed by atoms with Crippen LogP contribution in [0.2, 0.25) is 5.02 Å². The summed E-state index contributed by atoms with van der Waals surface area (Å²) in [6.45, 7) is 2.02. The predicted octanol–water partition coefficient (Wildman–Crippen LogP) is 3.01. The summed E-state index contributed by atoms with van der Waals surface area (Å²) >= 11 is 7.54. The van der Waals surface area contributed by atoms with Crippen molar-refractivity contribution in [2.45, 2.75) is 30.2 Å². The summed E-state index contributed by atoms with van der Waals surface area (Å²) in [5.41, 5.74) is 0. The summed E-state index contributed by atoms with van der Waals surface area (Å²) in [7, 11) is 1.84. The number of carboxylic acid groups (broad SMARTS) is 1. The van der Waals surface area contributed by atoms with E-state index < -0.39 is 5.97 Å². The van der Waals surface area contributed by atoms with Crippen molar-refractivity contribution in [3.05, 3.63) is 29.3 Å². The van der Waals surface area contributed by atoms with Gasteiger partial charge in [-0.1, -0.05) is 11.6 Å². The van der Waals surface area contributed by atoms with Gasteiger partial charge in [-0.2, -0.15) is 0 Å². The molecular formula is C18H26ClN3O3S. The molecule has 0 saturated carbocycles. The fourth-order valence-electron chi connectivity index (χ4n) is 3.03. The molecule has 1 aliphatic rings. The highest BCUT2D eigenvalue weighted by Gasteiger charge is 2.23. The number of rotatable bonds is 7. The lowest BCUT2D eigenvalue weighted by Gasteiger charge is -2.25. The lowest BCUT2D eigenvalue weighted by atomic mass is 10.1. The van der Waals surface area contributed by atoms with Crippen LogP contribution in [0, 0.1) is 0 Å². The summed E-state index contributed by atoms with van der Waals surface area (Å²) < 4.78 is 0. The molecule has 1 aromatic rings. The molecular weight excluding hydrogens is 374 g/mol. The van der Waals surface area contributed by atoms with E-state index in [0.29, 0.717) is 19.6 Å². The van der Waals surface area contributed by atoms with E-state index in [9.17, 15) is 9.59 Å². The van der Waals surface area contributed by atoms with Crippen LogP contribution in [0.25, 0.3) is 0 Å². The normalized spacial score (nSPS) is 17.8. The molecule has 0 bridgehead atoms. The first-order chi connectivity index (χ1) is 12.5. The summed E-state index contributed by atoms with van der Waals surface area (Å²) in [6, 6.07) is 7.83. The van der Waals surface area contributed by atoms with Gasteiger partial charge in [0.05, 0.1) is 6.54 Å². The van der Waals surface area contributed by atoms with E-state index in [4.69, 9.17) is 16.7 Å². The molecule has 144 valence electrons. The highest BCUT2D eigenvalue weighted by molar-refractivity contribution is 7.99. The van der Waals surface area contributed by atoms with Gasteiger partial charge in [0, 0.05) is 41.3 Å². The molecule has 0 spiro atoms. The molecule has 2 rings (SSSR count). The van der Waals surface area contributed by atoms with Crippen LogP contribution in [0.5, 0.6) is 0 Å². The second-order valence-electron chi connectivity index (χ2n) is 6.41. The van der Waals surface area contributed by atoms with Gasteiger partial charge in [0.15, 0.2) is 0 Å². The Labute approximate surface area is 163 Å². The van der Waals surface area contributed by atoms with Crippen molar-refractivity contribution in [2.75, 3.05) is 39.0 Å². The molecule has 1 fully saturated rings. The number of carboxylic acids is 1. The average molecular weight is 400 g/mol. The van der Waals surface area contributed by atoms with Crippen molar-refractivity contribution < 1.29 is 14.7 Å². The Kier molecular flexibility index (Phi) is 8.54. The van der Waals surface area contributed by atoms with Gasteiger partial charge in [0.25, 0.3) is 0 Å². The van der Waals surface area contributed by atoms with Gasteiger partial charge in [-0.3, -0.25) is 9.69 Å². The zero-order chi connectivity index (χ0) is 18.9. The molecule has 26 heavy (non-hydrogen) atoms. The summed E-state index contributed by atoms with van der Waals surface area (Å²) in [6.07, 6.45) is 2.61. The minimum absolute atomic E-state index is 0.0387. The maximum Gasteiger partial charge on any atom is 0.317 e. The summed E-state index contributed by atoms with van der Waals surface area (Å²) in [5.74, 6) is -0.0184. The van der Waals surface area contributed by atoms with Gasteiger partial charge < -0.3 is 15.3 Å². The number of likely N-dealkylation sites (N-methyl/N-ethyl adjacent to an activating group) is 1. The van der Waals surface area contributed by atoms with Crippen LogP contribution in [-0.2, 0) is 4.79 Å². The molecule has 0 aromatic heterocycles. The first-order valence-electron chi connectivity index (χ1n) is 8.79. The van der Waals surface area contributed by atoms with E-state index >= 15 is 0 Å². The van der Waals surface area contributed by atoms with Gasteiger partial charge in [0.2, 0.25) is 0 Å². The highest BCUT2D eigenvalue weighted by Crippen LogP contribution is 2.20. The minimum atomic E-state index is -0.815. The van der Waals surface area contributed by atoms with Gasteiger partial charge in [0.1, 0.15) is 0 Å². The third-order valence-corrected chi connectivity index (χ3v) is 5.72. The van der Waals surface area contributed by atoms with E-state index in [1.165, 1.54) is 0 Å². The standard InChI is InChI=1S/C18H26ClN3O3S/c1-21(13-17(23)24)15-3-2-10-22(11-8-15)18(25)20-9-12-26-16-6-4-14(19)5-7-16/h4-7,15H,2-3,8-13H2,1H3,(H,20,25)(H,23,24). The van der Waals surface area contributed by atoms with E-state index in [-0.39, 0.29) is 18.6 Å². The number of nitrogens with one attached hydrogen (secondary N) is 1. The van der Waals surface area contributed by atoms with Gasteiger partial charge in [-0.05, 0) is 50.6 Å². The molecule has 0 aliphatic carbocycles. The van der Waals surface area contributed by atoms with E-state index in [1.807, 2.05) is 41.1 Å². The number of amides is 2. The SMILES string of the molecule is CN(CC(=O)O)C1CCCN(C(=O)NCCSc2ccc(Cl)cc2)CC1. The number of urea groups is 1. The monoisotopic (exact) mass is 399 g/mol. The Bertz CT molecular complexity index is 600. The minimum Gasteiger partial charge on any atom is -0.480 e. The number of halogens is 1. The lowest BCUT2D eigenvalue weighted by molar-refractivity contribution is -0.138. The van der Waals surface area contributed by atoms with E-state index in [0.717, 1.165) is 34.9 Å². The second kappa shape index (κ2) is 10.6. The topological polar surface area (TPSA) is 72.9 Å². The fourth-order valence-corrected chi connectivity index (χ4v) is 3.93. The molecule has 2 amide bonds. The Morgan fingerprint density at radius 2 is 2.04 bits per heavy atom. The van der Waals surface area contributed by atoms with Crippen molar-refractivity contribution >= 4 is 35.4 Å². The van der Waals surface area contributed by atoms with Crippen molar-refractivity contribution in [2.24, 2.45) is 0 Å². The molecule has 8 heteroatoms. The number of carbonyl (C=O) groups is 2. The number of likely N-dealkylation sites (tertiary alicyclic amines) is 1.